The summed E-state index contributed by atoms with van der Waals surface area (Å²) in [6.07, 6.45) is 1.14. The Morgan fingerprint density at radius 3 is 2.72 bits per heavy atom. The Hall–Kier alpha value is -2.16. The zero-order valence-electron chi connectivity index (χ0n) is 9.28. The van der Waals surface area contributed by atoms with Crippen LogP contribution in [0.2, 0.25) is 0 Å². The van der Waals surface area contributed by atoms with E-state index in [4.69, 9.17) is 5.11 Å². The Balaban J connectivity index is 2.87. The third kappa shape index (κ3) is 4.01. The molecular weight excluding hydrogens is 264 g/mol. The molecule has 0 aliphatic heterocycles. The smallest absolute Gasteiger partial charge is 0.335 e. The molecule has 0 spiro atoms. The number of pyridine rings is 1. The summed E-state index contributed by atoms with van der Waals surface area (Å²) in [6, 6.07) is 2.25. The van der Waals surface area contributed by atoms with E-state index < -0.39 is 27.7 Å². The highest BCUT2D eigenvalue weighted by atomic mass is 32.2. The van der Waals surface area contributed by atoms with Crippen LogP contribution in [-0.2, 0) is 19.6 Å². The third-order valence-electron chi connectivity index (χ3n) is 1.80. The summed E-state index contributed by atoms with van der Waals surface area (Å²) in [4.78, 5) is 25.1. The molecule has 9 heteroatoms. The molecule has 1 aromatic heterocycles. The van der Waals surface area contributed by atoms with Gasteiger partial charge in [0.05, 0.1) is 12.7 Å². The van der Waals surface area contributed by atoms with E-state index in [1.807, 2.05) is 4.72 Å². The number of rotatable bonds is 5. The van der Waals surface area contributed by atoms with E-state index in [0.29, 0.717) is 0 Å². The quantitative estimate of drug-likeness (QED) is 0.706. The minimum absolute atomic E-state index is 0.124. The van der Waals surface area contributed by atoms with Gasteiger partial charge >= 0.3 is 11.9 Å². The average Bonchev–Trinajstić information content (AvgIpc) is 2.27. The number of carboxylic acid groups (broad SMARTS) is 1. The third-order valence-corrected chi connectivity index (χ3v) is 2.94. The molecule has 1 aromatic rings. The molecule has 1 heterocycles. The van der Waals surface area contributed by atoms with Gasteiger partial charge in [-0.3, -0.25) is 9.52 Å². The maximum Gasteiger partial charge on any atom is 0.335 e. The number of hydrogen-bond acceptors (Lipinski definition) is 6. The molecule has 1 rings (SSSR count). The summed E-state index contributed by atoms with van der Waals surface area (Å²) in [5.74, 6) is -3.20. The monoisotopic (exact) mass is 274 g/mol. The number of carbonyl (C=O) groups is 2. The molecule has 0 unspecified atom stereocenters. The van der Waals surface area contributed by atoms with Crippen molar-refractivity contribution < 1.29 is 27.9 Å². The lowest BCUT2D eigenvalue weighted by molar-refractivity contribution is -0.137. The Morgan fingerprint density at radius 1 is 1.50 bits per heavy atom. The van der Waals surface area contributed by atoms with Crippen LogP contribution in [0.4, 0.5) is 5.82 Å². The average molecular weight is 274 g/mol. The van der Waals surface area contributed by atoms with E-state index >= 15 is 0 Å². The van der Waals surface area contributed by atoms with E-state index in [9.17, 15) is 18.0 Å². The zero-order chi connectivity index (χ0) is 13.8. The van der Waals surface area contributed by atoms with Gasteiger partial charge in [0, 0.05) is 6.20 Å². The SMILES string of the molecule is COC(=O)CS(=O)(=O)Nc1cc(C(=O)O)ccn1. The number of aromatic nitrogens is 1. The highest BCUT2D eigenvalue weighted by Crippen LogP contribution is 2.09. The van der Waals surface area contributed by atoms with Crippen LogP contribution in [0.5, 0.6) is 0 Å². The van der Waals surface area contributed by atoms with Crippen molar-refractivity contribution in [2.24, 2.45) is 0 Å². The molecular formula is C9H10N2O6S. The fraction of sp³-hybridized carbons (Fsp3) is 0.222. The molecule has 98 valence electrons. The van der Waals surface area contributed by atoms with Crippen LogP contribution in [0.15, 0.2) is 18.3 Å². The van der Waals surface area contributed by atoms with Gasteiger partial charge in [0.2, 0.25) is 10.0 Å². The minimum Gasteiger partial charge on any atom is -0.478 e. The van der Waals surface area contributed by atoms with Gasteiger partial charge < -0.3 is 9.84 Å². The molecule has 0 aliphatic rings. The first kappa shape index (κ1) is 13.9. The Bertz CT molecular complexity index is 568. The van der Waals surface area contributed by atoms with Crippen LogP contribution in [0, 0.1) is 0 Å². The van der Waals surface area contributed by atoms with Gasteiger partial charge in [-0.25, -0.2) is 18.2 Å². The number of esters is 1. The second-order valence-electron chi connectivity index (χ2n) is 3.17. The number of anilines is 1. The molecule has 0 saturated heterocycles. The van der Waals surface area contributed by atoms with Crippen LogP contribution in [0.1, 0.15) is 10.4 Å². The number of methoxy groups -OCH3 is 1. The Kier molecular flexibility index (Phi) is 4.21. The van der Waals surface area contributed by atoms with Gasteiger partial charge in [0.25, 0.3) is 0 Å². The standard InChI is InChI=1S/C9H10N2O6S/c1-17-8(12)5-18(15,16)11-7-4-6(9(13)14)2-3-10-7/h2-4H,5H2,1H3,(H,10,11)(H,13,14). The second-order valence-corrected chi connectivity index (χ2v) is 4.89. The Labute approximate surface area is 103 Å². The number of carboxylic acids is 1. The maximum atomic E-state index is 11.5. The van der Waals surface area contributed by atoms with Crippen molar-refractivity contribution in [1.82, 2.24) is 4.98 Å². The number of ether oxygens (including phenoxy) is 1. The van der Waals surface area contributed by atoms with E-state index in [-0.39, 0.29) is 11.4 Å². The lowest BCUT2D eigenvalue weighted by atomic mass is 10.3. The summed E-state index contributed by atoms with van der Waals surface area (Å²) in [6.45, 7) is 0. The normalized spacial score (nSPS) is 10.7. The molecule has 0 bridgehead atoms. The van der Waals surface area contributed by atoms with Crippen molar-refractivity contribution in [1.29, 1.82) is 0 Å². The summed E-state index contributed by atoms with van der Waals surface area (Å²) in [5, 5.41) is 8.71. The number of carbonyl (C=O) groups excluding carboxylic acids is 1. The molecule has 18 heavy (non-hydrogen) atoms. The molecule has 0 atom stereocenters. The summed E-state index contributed by atoms with van der Waals surface area (Å²) in [5.41, 5.74) is -0.124. The molecule has 0 saturated carbocycles. The van der Waals surface area contributed by atoms with Crippen molar-refractivity contribution in [2.45, 2.75) is 0 Å². The summed E-state index contributed by atoms with van der Waals surface area (Å²) < 4.78 is 29.1. The van der Waals surface area contributed by atoms with E-state index in [2.05, 4.69) is 9.72 Å². The summed E-state index contributed by atoms with van der Waals surface area (Å²) >= 11 is 0. The Morgan fingerprint density at radius 2 is 2.17 bits per heavy atom. The molecule has 8 nitrogen and oxygen atoms in total. The van der Waals surface area contributed by atoms with Gasteiger partial charge in [-0.05, 0) is 12.1 Å². The first-order valence-corrected chi connectivity index (χ1v) is 6.26. The number of nitrogens with one attached hydrogen (secondary N) is 1. The van der Waals surface area contributed by atoms with Crippen LogP contribution < -0.4 is 4.72 Å². The zero-order valence-corrected chi connectivity index (χ0v) is 10.1. The highest BCUT2D eigenvalue weighted by molar-refractivity contribution is 7.93. The van der Waals surface area contributed by atoms with E-state index in [1.54, 1.807) is 0 Å². The van der Waals surface area contributed by atoms with Crippen LogP contribution in [0.3, 0.4) is 0 Å². The molecule has 0 fully saturated rings. The lowest BCUT2D eigenvalue weighted by Gasteiger charge is -2.06. The fourth-order valence-electron chi connectivity index (χ4n) is 1.03. The number of aromatic carboxylic acids is 1. The van der Waals surface area contributed by atoms with Gasteiger partial charge in [-0.2, -0.15) is 0 Å². The lowest BCUT2D eigenvalue weighted by Crippen LogP contribution is -2.24. The maximum absolute atomic E-state index is 11.5. The summed E-state index contributed by atoms with van der Waals surface area (Å²) in [7, 11) is -2.91. The second kappa shape index (κ2) is 5.45. The van der Waals surface area contributed by atoms with E-state index in [1.165, 1.54) is 6.07 Å². The first-order valence-electron chi connectivity index (χ1n) is 4.61. The predicted octanol–water partition coefficient (Wildman–Crippen LogP) is -0.306. The molecule has 0 aliphatic carbocycles. The van der Waals surface area contributed by atoms with Crippen molar-refractivity contribution in [2.75, 3.05) is 17.6 Å². The number of nitrogens with zero attached hydrogens (tertiary/aromatic N) is 1. The van der Waals surface area contributed by atoms with Gasteiger partial charge in [-0.1, -0.05) is 0 Å². The van der Waals surface area contributed by atoms with Crippen molar-refractivity contribution in [3.63, 3.8) is 0 Å². The fourth-order valence-corrected chi connectivity index (χ4v) is 1.96. The number of sulfonamides is 1. The predicted molar refractivity (Wildman–Crippen MR) is 60.6 cm³/mol. The van der Waals surface area contributed by atoms with Gasteiger partial charge in [0.15, 0.2) is 5.75 Å². The van der Waals surface area contributed by atoms with Gasteiger partial charge in [-0.15, -0.1) is 0 Å². The molecule has 2 N–H and O–H groups in total. The largest absolute Gasteiger partial charge is 0.478 e. The van der Waals surface area contributed by atoms with Crippen LogP contribution in [0.25, 0.3) is 0 Å². The number of hydrogen-bond donors (Lipinski definition) is 2. The first-order chi connectivity index (χ1) is 8.34. The van der Waals surface area contributed by atoms with Crippen molar-refractivity contribution in [3.8, 4) is 0 Å². The van der Waals surface area contributed by atoms with Crippen LogP contribution in [-0.4, -0.2) is 43.3 Å². The minimum atomic E-state index is -3.97. The molecule has 0 aromatic carbocycles. The van der Waals surface area contributed by atoms with E-state index in [0.717, 1.165) is 19.4 Å². The highest BCUT2D eigenvalue weighted by Gasteiger charge is 2.18. The van der Waals surface area contributed by atoms with Crippen molar-refractivity contribution >= 4 is 27.8 Å². The molecule has 0 radical (unpaired) electrons. The molecule has 0 amide bonds. The topological polar surface area (TPSA) is 123 Å². The van der Waals surface area contributed by atoms with Crippen molar-refractivity contribution in [3.05, 3.63) is 23.9 Å². The van der Waals surface area contributed by atoms with Crippen LogP contribution >= 0.6 is 0 Å². The van der Waals surface area contributed by atoms with Gasteiger partial charge in [0.1, 0.15) is 5.82 Å².